The summed E-state index contributed by atoms with van der Waals surface area (Å²) >= 11 is 0. The Morgan fingerprint density at radius 3 is 2.58 bits per heavy atom. The van der Waals surface area contributed by atoms with Crippen LogP contribution in [0.2, 0.25) is 0 Å². The van der Waals surface area contributed by atoms with Gasteiger partial charge in [0.05, 0.1) is 12.7 Å². The highest BCUT2D eigenvalue weighted by Crippen LogP contribution is 2.11. The van der Waals surface area contributed by atoms with Crippen molar-refractivity contribution in [2.45, 2.75) is 6.54 Å². The van der Waals surface area contributed by atoms with E-state index < -0.39 is 5.95 Å². The van der Waals surface area contributed by atoms with Crippen molar-refractivity contribution in [2.24, 2.45) is 0 Å². The first-order valence-corrected chi connectivity index (χ1v) is 5.72. The van der Waals surface area contributed by atoms with Gasteiger partial charge in [0.2, 0.25) is 5.95 Å². The number of methoxy groups -OCH3 is 1. The molecule has 1 N–H and O–H groups in total. The Morgan fingerprint density at radius 2 is 2.00 bits per heavy atom. The van der Waals surface area contributed by atoms with E-state index in [1.807, 2.05) is 24.3 Å². The summed E-state index contributed by atoms with van der Waals surface area (Å²) in [6.07, 6.45) is 1.21. The zero-order valence-electron chi connectivity index (χ0n) is 10.4. The van der Waals surface area contributed by atoms with Crippen molar-refractivity contribution in [3.63, 3.8) is 0 Å². The average Bonchev–Trinajstić information content (AvgIpc) is 2.46. The molecule has 1 amide bonds. The number of hydrogen-bond acceptors (Lipinski definition) is 3. The third-order valence-corrected chi connectivity index (χ3v) is 2.60. The normalized spacial score (nSPS) is 10.0. The predicted molar refractivity (Wildman–Crippen MR) is 68.4 cm³/mol. The monoisotopic (exact) mass is 260 g/mol. The molecule has 0 saturated carbocycles. The molecule has 1 aromatic carbocycles. The van der Waals surface area contributed by atoms with Gasteiger partial charge in [-0.05, 0) is 29.8 Å². The molecule has 1 aromatic heterocycles. The molecule has 0 fully saturated rings. The van der Waals surface area contributed by atoms with Crippen LogP contribution in [0, 0.1) is 5.95 Å². The molecule has 98 valence electrons. The Kier molecular flexibility index (Phi) is 4.07. The maximum atomic E-state index is 12.6. The van der Waals surface area contributed by atoms with E-state index in [2.05, 4.69) is 10.3 Å². The fraction of sp³-hybridized carbons (Fsp3) is 0.143. The Hall–Kier alpha value is -2.43. The molecule has 0 aliphatic heterocycles. The van der Waals surface area contributed by atoms with Crippen LogP contribution in [-0.4, -0.2) is 18.0 Å². The van der Waals surface area contributed by atoms with E-state index in [0.717, 1.165) is 17.4 Å². The summed E-state index contributed by atoms with van der Waals surface area (Å²) in [5.74, 6) is -0.132. The van der Waals surface area contributed by atoms with Crippen LogP contribution in [0.1, 0.15) is 15.9 Å². The summed E-state index contributed by atoms with van der Waals surface area (Å²) in [4.78, 5) is 15.2. The van der Waals surface area contributed by atoms with Crippen molar-refractivity contribution < 1.29 is 13.9 Å². The van der Waals surface area contributed by atoms with E-state index in [1.165, 1.54) is 12.3 Å². The van der Waals surface area contributed by atoms with E-state index in [1.54, 1.807) is 7.11 Å². The Morgan fingerprint density at radius 1 is 1.26 bits per heavy atom. The molecule has 0 bridgehead atoms. The standard InChI is InChI=1S/C14H13FN2O2/c1-19-12-5-2-10(3-6-12)8-17-14(18)11-4-7-13(15)16-9-11/h2-7,9H,8H2,1H3,(H,17,18). The third kappa shape index (κ3) is 3.51. The Balaban J connectivity index is 1.94. The van der Waals surface area contributed by atoms with Crippen molar-refractivity contribution in [1.82, 2.24) is 10.3 Å². The summed E-state index contributed by atoms with van der Waals surface area (Å²) in [7, 11) is 1.60. The topological polar surface area (TPSA) is 51.2 Å². The van der Waals surface area contributed by atoms with Crippen LogP contribution < -0.4 is 10.1 Å². The van der Waals surface area contributed by atoms with Gasteiger partial charge >= 0.3 is 0 Å². The second kappa shape index (κ2) is 5.95. The minimum atomic E-state index is -0.605. The lowest BCUT2D eigenvalue weighted by Gasteiger charge is -2.06. The van der Waals surface area contributed by atoms with Gasteiger partial charge in [-0.25, -0.2) is 4.98 Å². The number of hydrogen-bond donors (Lipinski definition) is 1. The second-order valence-corrected chi connectivity index (χ2v) is 3.90. The second-order valence-electron chi connectivity index (χ2n) is 3.90. The van der Waals surface area contributed by atoms with E-state index in [-0.39, 0.29) is 5.91 Å². The minimum absolute atomic E-state index is 0.289. The van der Waals surface area contributed by atoms with Gasteiger partial charge in [-0.3, -0.25) is 4.79 Å². The number of amides is 1. The van der Waals surface area contributed by atoms with Crippen molar-refractivity contribution in [2.75, 3.05) is 7.11 Å². The van der Waals surface area contributed by atoms with Gasteiger partial charge in [0.15, 0.2) is 0 Å². The van der Waals surface area contributed by atoms with Gasteiger partial charge in [-0.2, -0.15) is 4.39 Å². The first-order chi connectivity index (χ1) is 9.19. The Bertz CT molecular complexity index is 553. The SMILES string of the molecule is COc1ccc(CNC(=O)c2ccc(F)nc2)cc1. The van der Waals surface area contributed by atoms with E-state index >= 15 is 0 Å². The first-order valence-electron chi connectivity index (χ1n) is 5.72. The highest BCUT2D eigenvalue weighted by molar-refractivity contribution is 5.93. The number of ether oxygens (including phenoxy) is 1. The van der Waals surface area contributed by atoms with Gasteiger partial charge in [-0.15, -0.1) is 0 Å². The lowest BCUT2D eigenvalue weighted by Crippen LogP contribution is -2.22. The molecule has 2 aromatic rings. The minimum Gasteiger partial charge on any atom is -0.497 e. The fourth-order valence-electron chi connectivity index (χ4n) is 1.54. The number of carbonyl (C=O) groups excluding carboxylic acids is 1. The van der Waals surface area contributed by atoms with Crippen molar-refractivity contribution >= 4 is 5.91 Å². The van der Waals surface area contributed by atoms with Crippen LogP contribution in [0.15, 0.2) is 42.6 Å². The number of benzene rings is 1. The van der Waals surface area contributed by atoms with Gasteiger partial charge < -0.3 is 10.1 Å². The van der Waals surface area contributed by atoms with E-state index in [9.17, 15) is 9.18 Å². The first kappa shape index (κ1) is 13.0. The molecule has 0 aliphatic carbocycles. The number of rotatable bonds is 4. The number of halogens is 1. The molecule has 4 nitrogen and oxygen atoms in total. The molecular weight excluding hydrogens is 247 g/mol. The van der Waals surface area contributed by atoms with Crippen LogP contribution >= 0.6 is 0 Å². The molecule has 0 radical (unpaired) electrons. The van der Waals surface area contributed by atoms with Crippen molar-refractivity contribution in [3.05, 3.63) is 59.7 Å². The van der Waals surface area contributed by atoms with E-state index in [0.29, 0.717) is 12.1 Å². The maximum absolute atomic E-state index is 12.6. The molecule has 1 heterocycles. The largest absolute Gasteiger partial charge is 0.497 e. The third-order valence-electron chi connectivity index (χ3n) is 2.60. The van der Waals surface area contributed by atoms with E-state index in [4.69, 9.17) is 4.74 Å². The number of aromatic nitrogens is 1. The highest BCUT2D eigenvalue weighted by atomic mass is 19.1. The Labute approximate surface area is 110 Å². The van der Waals surface area contributed by atoms with Gasteiger partial charge in [0.25, 0.3) is 5.91 Å². The van der Waals surface area contributed by atoms with Gasteiger partial charge in [0.1, 0.15) is 5.75 Å². The number of nitrogens with one attached hydrogen (secondary N) is 1. The predicted octanol–water partition coefficient (Wildman–Crippen LogP) is 2.16. The smallest absolute Gasteiger partial charge is 0.253 e. The zero-order valence-corrected chi connectivity index (χ0v) is 10.4. The highest BCUT2D eigenvalue weighted by Gasteiger charge is 2.05. The summed E-state index contributed by atoms with van der Waals surface area (Å²) in [6.45, 7) is 0.389. The maximum Gasteiger partial charge on any atom is 0.253 e. The summed E-state index contributed by atoms with van der Waals surface area (Å²) in [5.41, 5.74) is 1.28. The van der Waals surface area contributed by atoms with Crippen LogP contribution in [0.5, 0.6) is 5.75 Å². The fourth-order valence-corrected chi connectivity index (χ4v) is 1.54. The van der Waals surface area contributed by atoms with Crippen molar-refractivity contribution in [3.8, 4) is 5.75 Å². The molecule has 2 rings (SSSR count). The number of nitrogens with zero attached hydrogens (tertiary/aromatic N) is 1. The van der Waals surface area contributed by atoms with Crippen molar-refractivity contribution in [1.29, 1.82) is 0 Å². The number of pyridine rings is 1. The lowest BCUT2D eigenvalue weighted by atomic mass is 10.2. The molecule has 0 saturated heterocycles. The quantitative estimate of drug-likeness (QED) is 0.857. The zero-order chi connectivity index (χ0) is 13.7. The molecule has 0 unspecified atom stereocenters. The lowest BCUT2D eigenvalue weighted by molar-refractivity contribution is 0.0950. The average molecular weight is 260 g/mol. The van der Waals surface area contributed by atoms with Gasteiger partial charge in [-0.1, -0.05) is 12.1 Å². The van der Waals surface area contributed by atoms with Crippen LogP contribution in [0.4, 0.5) is 4.39 Å². The summed E-state index contributed by atoms with van der Waals surface area (Å²) in [6, 6.07) is 9.92. The summed E-state index contributed by atoms with van der Waals surface area (Å²) < 4.78 is 17.7. The molecule has 0 atom stereocenters. The molecular formula is C14H13FN2O2. The number of carbonyl (C=O) groups is 1. The molecule has 0 spiro atoms. The summed E-state index contributed by atoms with van der Waals surface area (Å²) in [5, 5.41) is 2.73. The van der Waals surface area contributed by atoms with Crippen LogP contribution in [0.3, 0.4) is 0 Å². The molecule has 5 heteroatoms. The van der Waals surface area contributed by atoms with Crippen LogP contribution in [0.25, 0.3) is 0 Å². The van der Waals surface area contributed by atoms with Crippen LogP contribution in [-0.2, 0) is 6.54 Å². The molecule has 0 aliphatic rings. The van der Waals surface area contributed by atoms with Gasteiger partial charge in [0, 0.05) is 12.7 Å². The molecule has 19 heavy (non-hydrogen) atoms.